The first kappa shape index (κ1) is 26.3. The number of carbonyl (C=O) groups is 3. The highest BCUT2D eigenvalue weighted by atomic mass is 32.2. The normalized spacial score (nSPS) is 12.4. The van der Waals surface area contributed by atoms with Crippen molar-refractivity contribution >= 4 is 29.5 Å². The fourth-order valence-electron chi connectivity index (χ4n) is 3.12. The molecule has 3 amide bonds. The van der Waals surface area contributed by atoms with Crippen molar-refractivity contribution in [3.8, 4) is 5.75 Å². The Labute approximate surface area is 200 Å². The molecule has 2 rings (SSSR count). The van der Waals surface area contributed by atoms with Crippen molar-refractivity contribution in [2.24, 2.45) is 0 Å². The van der Waals surface area contributed by atoms with Gasteiger partial charge in [-0.15, -0.1) is 0 Å². The number of para-hydroxylation sites is 1. The van der Waals surface area contributed by atoms with Gasteiger partial charge in [-0.25, -0.2) is 0 Å². The van der Waals surface area contributed by atoms with Gasteiger partial charge in [-0.05, 0) is 61.6 Å². The summed E-state index contributed by atoms with van der Waals surface area (Å²) in [6.45, 7) is 4.22. The number of benzene rings is 2. The lowest BCUT2D eigenvalue weighted by molar-refractivity contribution is -0.123. The molecule has 2 aromatic carbocycles. The van der Waals surface area contributed by atoms with Gasteiger partial charge in [-0.2, -0.15) is 11.8 Å². The average molecular weight is 472 g/mol. The SMILES string of the molecule is CCC(C)NC(=O)c1cccc(CNC(=O)C(CCSC)NC(=O)c2ccccc2OC)c1. The molecule has 0 bridgehead atoms. The summed E-state index contributed by atoms with van der Waals surface area (Å²) in [5.41, 5.74) is 1.73. The minimum absolute atomic E-state index is 0.0879. The molecule has 2 atom stereocenters. The van der Waals surface area contributed by atoms with Gasteiger partial charge in [0.15, 0.2) is 0 Å². The maximum atomic E-state index is 12.9. The van der Waals surface area contributed by atoms with E-state index in [0.29, 0.717) is 23.3 Å². The highest BCUT2D eigenvalue weighted by molar-refractivity contribution is 7.98. The Morgan fingerprint density at radius 1 is 1.03 bits per heavy atom. The molecule has 0 aliphatic heterocycles. The van der Waals surface area contributed by atoms with Crippen molar-refractivity contribution in [3.63, 3.8) is 0 Å². The van der Waals surface area contributed by atoms with Crippen molar-refractivity contribution in [1.82, 2.24) is 16.0 Å². The van der Waals surface area contributed by atoms with Crippen LogP contribution in [-0.2, 0) is 11.3 Å². The lowest BCUT2D eigenvalue weighted by Gasteiger charge is -2.19. The van der Waals surface area contributed by atoms with Gasteiger partial charge in [0.05, 0.1) is 12.7 Å². The molecule has 0 aromatic heterocycles. The molecule has 8 heteroatoms. The Balaban J connectivity index is 2.04. The smallest absolute Gasteiger partial charge is 0.255 e. The Morgan fingerprint density at radius 2 is 1.79 bits per heavy atom. The number of rotatable bonds is 12. The van der Waals surface area contributed by atoms with Crippen molar-refractivity contribution in [3.05, 3.63) is 65.2 Å². The van der Waals surface area contributed by atoms with Crippen LogP contribution in [0.3, 0.4) is 0 Å². The number of nitrogens with one attached hydrogen (secondary N) is 3. The molecule has 0 radical (unpaired) electrons. The largest absolute Gasteiger partial charge is 0.496 e. The molecule has 7 nitrogen and oxygen atoms in total. The van der Waals surface area contributed by atoms with Crippen LogP contribution in [0.5, 0.6) is 5.75 Å². The van der Waals surface area contributed by atoms with Crippen LogP contribution in [0.2, 0.25) is 0 Å². The third kappa shape index (κ3) is 8.13. The third-order valence-corrected chi connectivity index (χ3v) is 5.87. The molecule has 3 N–H and O–H groups in total. The minimum Gasteiger partial charge on any atom is -0.496 e. The van der Waals surface area contributed by atoms with Crippen molar-refractivity contribution in [1.29, 1.82) is 0 Å². The van der Waals surface area contributed by atoms with Crippen LogP contribution in [0.25, 0.3) is 0 Å². The molecule has 2 aromatic rings. The number of thioether (sulfide) groups is 1. The number of hydrogen-bond donors (Lipinski definition) is 3. The van der Waals surface area contributed by atoms with Crippen molar-refractivity contribution in [2.45, 2.75) is 45.3 Å². The van der Waals surface area contributed by atoms with Crippen LogP contribution in [0.4, 0.5) is 0 Å². The molecule has 0 saturated carbocycles. The van der Waals surface area contributed by atoms with E-state index in [-0.39, 0.29) is 30.3 Å². The zero-order valence-electron chi connectivity index (χ0n) is 19.6. The summed E-state index contributed by atoms with van der Waals surface area (Å²) in [5, 5.41) is 8.65. The van der Waals surface area contributed by atoms with E-state index < -0.39 is 6.04 Å². The van der Waals surface area contributed by atoms with E-state index in [1.54, 1.807) is 54.2 Å². The maximum Gasteiger partial charge on any atom is 0.255 e. The summed E-state index contributed by atoms with van der Waals surface area (Å²) in [5.74, 6) is 0.389. The molecule has 0 spiro atoms. The zero-order valence-corrected chi connectivity index (χ0v) is 20.5. The summed E-state index contributed by atoms with van der Waals surface area (Å²) in [4.78, 5) is 38.1. The molecule has 0 heterocycles. The topological polar surface area (TPSA) is 96.5 Å². The van der Waals surface area contributed by atoms with E-state index >= 15 is 0 Å². The van der Waals surface area contributed by atoms with Gasteiger partial charge in [0.25, 0.3) is 11.8 Å². The molecule has 0 fully saturated rings. The molecule has 0 aliphatic rings. The fraction of sp³-hybridized carbons (Fsp3) is 0.400. The van der Waals surface area contributed by atoms with Gasteiger partial charge in [0.1, 0.15) is 11.8 Å². The summed E-state index contributed by atoms with van der Waals surface area (Å²) < 4.78 is 5.26. The number of amides is 3. The lowest BCUT2D eigenvalue weighted by Crippen LogP contribution is -2.47. The van der Waals surface area contributed by atoms with Crippen molar-refractivity contribution < 1.29 is 19.1 Å². The van der Waals surface area contributed by atoms with Crippen LogP contribution >= 0.6 is 11.8 Å². The third-order valence-electron chi connectivity index (χ3n) is 5.23. The van der Waals surface area contributed by atoms with E-state index in [1.165, 1.54) is 7.11 Å². The predicted octanol–water partition coefficient (Wildman–Crippen LogP) is 3.39. The molecule has 33 heavy (non-hydrogen) atoms. The molecular weight excluding hydrogens is 438 g/mol. The first-order chi connectivity index (χ1) is 15.9. The van der Waals surface area contributed by atoms with E-state index in [0.717, 1.165) is 17.7 Å². The Bertz CT molecular complexity index is 951. The van der Waals surface area contributed by atoms with E-state index in [9.17, 15) is 14.4 Å². The summed E-state index contributed by atoms with van der Waals surface area (Å²) in [6.07, 6.45) is 3.29. The molecule has 178 valence electrons. The molecule has 2 unspecified atom stereocenters. The van der Waals surface area contributed by atoms with Crippen LogP contribution in [0, 0.1) is 0 Å². The summed E-state index contributed by atoms with van der Waals surface area (Å²) in [6, 6.07) is 13.5. The van der Waals surface area contributed by atoms with Gasteiger partial charge >= 0.3 is 0 Å². The van der Waals surface area contributed by atoms with Crippen LogP contribution in [0.1, 0.15) is 53.0 Å². The van der Waals surface area contributed by atoms with Gasteiger partial charge in [-0.3, -0.25) is 14.4 Å². The van der Waals surface area contributed by atoms with E-state index in [4.69, 9.17) is 4.74 Å². The van der Waals surface area contributed by atoms with Crippen molar-refractivity contribution in [2.75, 3.05) is 19.1 Å². The average Bonchev–Trinajstić information content (AvgIpc) is 2.84. The molecular formula is C25H33N3O4S. The van der Waals surface area contributed by atoms with E-state index in [1.807, 2.05) is 26.2 Å². The monoisotopic (exact) mass is 471 g/mol. The number of ether oxygens (including phenoxy) is 1. The van der Waals surface area contributed by atoms with Crippen LogP contribution in [-0.4, -0.2) is 48.9 Å². The minimum atomic E-state index is -0.688. The second kappa shape index (κ2) is 13.5. The number of hydrogen-bond acceptors (Lipinski definition) is 5. The highest BCUT2D eigenvalue weighted by Gasteiger charge is 2.22. The van der Waals surface area contributed by atoms with Crippen LogP contribution < -0.4 is 20.7 Å². The van der Waals surface area contributed by atoms with Gasteiger partial charge < -0.3 is 20.7 Å². The van der Waals surface area contributed by atoms with Gasteiger partial charge in [-0.1, -0.05) is 31.2 Å². The maximum absolute atomic E-state index is 12.9. The standard InChI is InChI=1S/C25H33N3O4S/c1-5-17(2)27-23(29)19-10-8-9-18(15-19)16-26-25(31)21(13-14-33-4)28-24(30)20-11-6-7-12-22(20)32-3/h6-12,15,17,21H,5,13-14,16H2,1-4H3,(H,26,31)(H,27,29)(H,28,30). The van der Waals surface area contributed by atoms with Crippen LogP contribution in [0.15, 0.2) is 48.5 Å². The first-order valence-electron chi connectivity index (χ1n) is 11.0. The second-order valence-electron chi connectivity index (χ2n) is 7.71. The highest BCUT2D eigenvalue weighted by Crippen LogP contribution is 2.17. The number of carbonyl (C=O) groups excluding carboxylic acids is 3. The Kier molecular flexibility index (Phi) is 10.8. The van der Waals surface area contributed by atoms with Gasteiger partial charge in [0, 0.05) is 18.2 Å². The Hall–Kier alpha value is -3.00. The Morgan fingerprint density at radius 3 is 2.48 bits per heavy atom. The number of methoxy groups -OCH3 is 1. The summed E-state index contributed by atoms with van der Waals surface area (Å²) >= 11 is 1.60. The first-order valence-corrected chi connectivity index (χ1v) is 12.4. The second-order valence-corrected chi connectivity index (χ2v) is 8.69. The quantitative estimate of drug-likeness (QED) is 0.441. The molecule has 0 saturated heterocycles. The molecule has 0 aliphatic carbocycles. The van der Waals surface area contributed by atoms with Gasteiger partial charge in [0.2, 0.25) is 5.91 Å². The zero-order chi connectivity index (χ0) is 24.2. The summed E-state index contributed by atoms with van der Waals surface area (Å²) in [7, 11) is 1.50. The van der Waals surface area contributed by atoms with E-state index in [2.05, 4.69) is 16.0 Å². The lowest BCUT2D eigenvalue weighted by atomic mass is 10.1. The fourth-order valence-corrected chi connectivity index (χ4v) is 3.59. The predicted molar refractivity (Wildman–Crippen MR) is 133 cm³/mol.